The van der Waals surface area contributed by atoms with Gasteiger partial charge >= 0.3 is 6.09 Å². The quantitative estimate of drug-likeness (QED) is 0.550. The van der Waals surface area contributed by atoms with Gasteiger partial charge in [-0.15, -0.1) is 0 Å². The molecule has 1 amide bonds. The third-order valence-corrected chi connectivity index (χ3v) is 3.40. The summed E-state index contributed by atoms with van der Waals surface area (Å²) in [6.45, 7) is 7.41. The number of halogens is 1. The molecule has 0 aromatic rings. The average molecular weight is 311 g/mol. The van der Waals surface area contributed by atoms with Crippen LogP contribution in [0.15, 0.2) is 0 Å². The highest BCUT2D eigenvalue weighted by molar-refractivity contribution is 14.1. The summed E-state index contributed by atoms with van der Waals surface area (Å²) in [7, 11) is 0. The lowest BCUT2D eigenvalue weighted by Crippen LogP contribution is -2.35. The van der Waals surface area contributed by atoms with E-state index in [4.69, 9.17) is 4.74 Å². The summed E-state index contributed by atoms with van der Waals surface area (Å²) in [5, 5.41) is 0. The minimum atomic E-state index is -0.376. The lowest BCUT2D eigenvalue weighted by atomic mass is 10.2. The van der Waals surface area contributed by atoms with Crippen LogP contribution in [0.1, 0.15) is 27.2 Å². The van der Waals surface area contributed by atoms with E-state index < -0.39 is 0 Å². The maximum atomic E-state index is 11.6. The summed E-state index contributed by atoms with van der Waals surface area (Å²) in [5.74, 6) is 0.656. The molecule has 0 N–H and O–H groups in total. The Morgan fingerprint density at radius 3 is 2.64 bits per heavy atom. The highest BCUT2D eigenvalue weighted by atomic mass is 127. The van der Waals surface area contributed by atoms with Gasteiger partial charge in [-0.25, -0.2) is 4.79 Å². The van der Waals surface area contributed by atoms with Crippen LogP contribution in [0.2, 0.25) is 0 Å². The zero-order valence-corrected chi connectivity index (χ0v) is 11.2. The Bertz CT molecular complexity index is 213. The van der Waals surface area contributed by atoms with Gasteiger partial charge < -0.3 is 9.64 Å². The molecule has 0 spiro atoms. The van der Waals surface area contributed by atoms with Crippen molar-refractivity contribution in [1.82, 2.24) is 4.90 Å². The number of carbonyl (C=O) groups excluding carboxylic acids is 1. The number of hydrogen-bond acceptors (Lipinski definition) is 2. The Morgan fingerprint density at radius 1 is 1.57 bits per heavy atom. The lowest BCUT2D eigenvalue weighted by molar-refractivity contribution is 0.0290. The summed E-state index contributed by atoms with van der Waals surface area (Å²) in [6.07, 6.45) is 0.951. The number of rotatable bonds is 1. The fourth-order valence-corrected chi connectivity index (χ4v) is 2.17. The van der Waals surface area contributed by atoms with Crippen LogP contribution in [0.3, 0.4) is 0 Å². The molecule has 0 saturated carbocycles. The minimum absolute atomic E-state index is 0.162. The predicted molar refractivity (Wildman–Crippen MR) is 64.8 cm³/mol. The van der Waals surface area contributed by atoms with Crippen LogP contribution in [0, 0.1) is 5.92 Å². The molecule has 0 aliphatic carbocycles. The Labute approximate surface area is 99.3 Å². The van der Waals surface area contributed by atoms with Gasteiger partial charge in [0.25, 0.3) is 0 Å². The van der Waals surface area contributed by atoms with Crippen LogP contribution in [-0.2, 0) is 4.74 Å². The highest BCUT2D eigenvalue weighted by Crippen LogP contribution is 2.20. The minimum Gasteiger partial charge on any atom is -0.444 e. The van der Waals surface area contributed by atoms with Gasteiger partial charge in [-0.3, -0.25) is 0 Å². The van der Waals surface area contributed by atoms with E-state index in [1.54, 1.807) is 0 Å². The lowest BCUT2D eigenvalue weighted by Gasteiger charge is -2.24. The first-order valence-electron chi connectivity index (χ1n) is 4.96. The molecule has 0 aromatic carbocycles. The second kappa shape index (κ2) is 4.68. The molecule has 0 unspecified atom stereocenters. The molecule has 1 aliphatic heterocycles. The van der Waals surface area contributed by atoms with Crippen LogP contribution < -0.4 is 0 Å². The van der Waals surface area contributed by atoms with Gasteiger partial charge in [0, 0.05) is 17.5 Å². The number of likely N-dealkylation sites (tertiary alicyclic amines) is 1. The predicted octanol–water partition coefficient (Wildman–Crippen LogP) is 2.68. The van der Waals surface area contributed by atoms with Crippen LogP contribution in [0.4, 0.5) is 4.79 Å². The molecule has 0 radical (unpaired) electrons. The molecule has 1 aliphatic rings. The van der Waals surface area contributed by atoms with Crippen molar-refractivity contribution in [1.29, 1.82) is 0 Å². The van der Waals surface area contributed by atoms with E-state index in [0.29, 0.717) is 5.92 Å². The van der Waals surface area contributed by atoms with Crippen molar-refractivity contribution in [2.24, 2.45) is 5.92 Å². The first kappa shape index (κ1) is 12.1. The summed E-state index contributed by atoms with van der Waals surface area (Å²) in [6, 6.07) is 0. The highest BCUT2D eigenvalue weighted by Gasteiger charge is 2.28. The maximum absolute atomic E-state index is 11.6. The first-order valence-corrected chi connectivity index (χ1v) is 6.49. The summed E-state index contributed by atoms with van der Waals surface area (Å²) in [4.78, 5) is 13.4. The molecule has 1 rings (SSSR count). The van der Waals surface area contributed by atoms with Gasteiger partial charge in [0.05, 0.1) is 0 Å². The molecule has 1 heterocycles. The van der Waals surface area contributed by atoms with Crippen molar-refractivity contribution < 1.29 is 9.53 Å². The molecule has 82 valence electrons. The monoisotopic (exact) mass is 311 g/mol. The van der Waals surface area contributed by atoms with Crippen molar-refractivity contribution in [3.63, 3.8) is 0 Å². The van der Waals surface area contributed by atoms with Crippen LogP contribution >= 0.6 is 22.6 Å². The van der Waals surface area contributed by atoms with Crippen LogP contribution in [0.5, 0.6) is 0 Å². The van der Waals surface area contributed by atoms with E-state index in [2.05, 4.69) is 22.6 Å². The Kier molecular flexibility index (Phi) is 4.04. The third kappa shape index (κ3) is 3.63. The van der Waals surface area contributed by atoms with Gasteiger partial charge in [-0.1, -0.05) is 22.6 Å². The van der Waals surface area contributed by atoms with E-state index >= 15 is 0 Å². The molecular weight excluding hydrogens is 293 g/mol. The number of ether oxygens (including phenoxy) is 1. The molecule has 1 atom stereocenters. The van der Waals surface area contributed by atoms with E-state index in [9.17, 15) is 4.79 Å². The fourth-order valence-electron chi connectivity index (χ4n) is 1.45. The molecule has 0 bridgehead atoms. The first-order chi connectivity index (χ1) is 6.42. The zero-order valence-electron chi connectivity index (χ0n) is 9.05. The Balaban J connectivity index is 2.40. The Hall–Kier alpha value is 0. The van der Waals surface area contributed by atoms with Crippen LogP contribution in [0.25, 0.3) is 0 Å². The van der Waals surface area contributed by atoms with Gasteiger partial charge in [-0.05, 0) is 33.1 Å². The van der Waals surface area contributed by atoms with Gasteiger partial charge in [0.15, 0.2) is 0 Å². The molecule has 1 saturated heterocycles. The van der Waals surface area contributed by atoms with Gasteiger partial charge in [-0.2, -0.15) is 0 Å². The van der Waals surface area contributed by atoms with Crippen molar-refractivity contribution in [2.75, 3.05) is 17.5 Å². The number of alkyl halides is 1. The summed E-state index contributed by atoms with van der Waals surface area (Å²) < 4.78 is 6.42. The van der Waals surface area contributed by atoms with Crippen molar-refractivity contribution in [3.05, 3.63) is 0 Å². The third-order valence-electron chi connectivity index (χ3n) is 2.16. The average Bonchev–Trinajstić information content (AvgIpc) is 2.48. The SMILES string of the molecule is CC(C)(C)OC(=O)N1CC[C@@H](CI)C1. The van der Waals surface area contributed by atoms with E-state index in [1.807, 2.05) is 25.7 Å². The molecule has 1 fully saturated rings. The van der Waals surface area contributed by atoms with E-state index in [1.165, 1.54) is 0 Å². The standard InChI is InChI=1S/C10H18INO2/c1-10(2,3)14-9(13)12-5-4-8(6-11)7-12/h8H,4-7H2,1-3H3/t8-/m0/s1. The molecular formula is C10H18INO2. The van der Waals surface area contributed by atoms with E-state index in [-0.39, 0.29) is 11.7 Å². The van der Waals surface area contributed by atoms with Crippen molar-refractivity contribution in [3.8, 4) is 0 Å². The number of nitrogens with zero attached hydrogens (tertiary/aromatic N) is 1. The molecule has 0 aromatic heterocycles. The fraction of sp³-hybridized carbons (Fsp3) is 0.900. The van der Waals surface area contributed by atoms with Crippen molar-refractivity contribution in [2.45, 2.75) is 32.8 Å². The molecule has 3 nitrogen and oxygen atoms in total. The summed E-state index contributed by atoms with van der Waals surface area (Å²) >= 11 is 2.37. The summed E-state index contributed by atoms with van der Waals surface area (Å²) in [5.41, 5.74) is -0.376. The maximum Gasteiger partial charge on any atom is 0.410 e. The van der Waals surface area contributed by atoms with Gasteiger partial charge in [0.1, 0.15) is 5.60 Å². The van der Waals surface area contributed by atoms with Gasteiger partial charge in [0.2, 0.25) is 0 Å². The largest absolute Gasteiger partial charge is 0.444 e. The number of carbonyl (C=O) groups is 1. The Morgan fingerprint density at radius 2 is 2.21 bits per heavy atom. The topological polar surface area (TPSA) is 29.5 Å². The smallest absolute Gasteiger partial charge is 0.410 e. The number of amides is 1. The second-order valence-electron chi connectivity index (χ2n) is 4.74. The number of hydrogen-bond donors (Lipinski definition) is 0. The normalized spacial score (nSPS) is 22.6. The molecule has 4 heteroatoms. The van der Waals surface area contributed by atoms with Crippen LogP contribution in [-0.4, -0.2) is 34.1 Å². The second-order valence-corrected chi connectivity index (χ2v) is 5.62. The van der Waals surface area contributed by atoms with Crippen molar-refractivity contribution >= 4 is 28.7 Å². The molecule has 14 heavy (non-hydrogen) atoms. The zero-order chi connectivity index (χ0) is 10.8. The van der Waals surface area contributed by atoms with E-state index in [0.717, 1.165) is 23.9 Å².